The van der Waals surface area contributed by atoms with E-state index in [1.165, 1.54) is 166 Å². The van der Waals surface area contributed by atoms with Gasteiger partial charge in [0.05, 0.1) is 26.7 Å². The molecule has 0 amide bonds. The lowest BCUT2D eigenvalue weighted by atomic mass is 9.79. The molecular weight excluding hydrogens is 1640 g/mol. The van der Waals surface area contributed by atoms with Gasteiger partial charge < -0.3 is 24.3 Å². The zero-order chi connectivity index (χ0) is 84.6. The van der Waals surface area contributed by atoms with E-state index in [1.54, 1.807) is 61.2 Å². The van der Waals surface area contributed by atoms with Crippen molar-refractivity contribution in [3.63, 3.8) is 0 Å². The number of aryl methyl sites for hydroxylation is 2. The molecule has 0 saturated carbocycles. The number of hydrogen-bond donors (Lipinski definition) is 3. The summed E-state index contributed by atoms with van der Waals surface area (Å²) in [5.74, 6) is 0. The van der Waals surface area contributed by atoms with E-state index in [4.69, 9.17) is 19.3 Å². The van der Waals surface area contributed by atoms with E-state index in [0.717, 1.165) is 113 Å². The van der Waals surface area contributed by atoms with Crippen LogP contribution in [0.2, 0.25) is 0 Å². The van der Waals surface area contributed by atoms with E-state index >= 15 is 0 Å². The Labute approximate surface area is 738 Å². The zero-order valence-electron chi connectivity index (χ0n) is 71.2. The second-order valence-corrected chi connectivity index (χ2v) is 39.1. The van der Waals surface area contributed by atoms with Crippen LogP contribution in [-0.2, 0) is 55.4 Å². The molecule has 0 spiro atoms. The van der Waals surface area contributed by atoms with Crippen molar-refractivity contribution in [2.24, 2.45) is 0 Å². The van der Waals surface area contributed by atoms with Crippen molar-refractivity contribution >= 4 is 117 Å². The molecule has 12 heterocycles. The van der Waals surface area contributed by atoms with Gasteiger partial charge in [0.15, 0.2) is 11.3 Å². The molecule has 4 aliphatic heterocycles. The lowest BCUT2D eigenvalue weighted by Crippen LogP contribution is -2.41. The Bertz CT molecular complexity index is 6770. The number of rotatable bonds is 16. The summed E-state index contributed by atoms with van der Waals surface area (Å²) in [5, 5.41) is 4.95. The molecule has 1 aliphatic carbocycles. The first-order valence-corrected chi connectivity index (χ1v) is 46.8. The number of allylic oxidation sites excluding steroid dienone is 1. The van der Waals surface area contributed by atoms with Crippen molar-refractivity contribution in [2.75, 3.05) is 39.3 Å². The van der Waals surface area contributed by atoms with E-state index in [2.05, 4.69) is 200 Å². The highest BCUT2D eigenvalue weighted by atomic mass is 79.9. The number of fused-ring (bicyclic) bond motifs is 6. The average Bonchev–Trinajstić information content (AvgIpc) is 1.56. The molecular formula is C102H103B2BrN11O6S2. The SMILES string of the molecule is C1=C(c2ccc3[nH]ccc3c2)c2cc(-c3ccc(CN4CCCCC4)cc3)cnc2C1.CC1(C)OB(c2ccc(CN3CCCCC3)cc2)OC1(C)C.Cc1ccc(S(=O)(=O)n2cc(-c3ccc4[nH]ccc4c3)c3cc(-c4ccc(CN5CCCCC5)cc4)cnc32)cc1.Cc1ccc(S(=O)(=O)n2cc(-c3ccc4[nH]ccc4c3)c3cc(Br)cnc32)cc1.[B]. The largest absolute Gasteiger partial charge is 0.494 e. The Hall–Kier alpha value is -11.0. The number of nitrogens with zero attached hydrogens (tertiary/aromatic N) is 8. The average molecular weight is 1740 g/mol. The van der Waals surface area contributed by atoms with Gasteiger partial charge in [0.2, 0.25) is 0 Å². The standard InChI is InChI=1S/C34H32N4O2S.C28H27N3.C22H16BrN3O2S.C18H28BNO2.B/c1-24-5-12-30(13-6-24)41(39,40)38-23-32(27-11-14-33-28(19-27)15-16-35-33)31-20-29(21-36-34(31)38)26-9-7-25(8-10-26)22-37-17-3-2-4-18-37;1-2-14-31(15-3-1)19-20-4-6-21(7-5-20)24-17-26-25(9-11-28(26)30-18-24)22-8-10-27-23(16-22)12-13-29-27;1-14-2-5-18(6-3-14)29(27,28)26-13-20(19-11-17(23)12-25-22(19)26)15-4-7-21-16(10-15)8-9-24-21;1-17(2)18(3,4)22-19(21-17)16-10-8-15(9-11-16)14-20-12-6-5-7-13-20;/h5-16,19-21,23,35H,2-4,17-18,22H2,1H3;4-10,12-13,16-18,29H,1-3,11,14-15,19H2;2-13,24H,1H3;8-11H,5-7,12-14H2,1-4H3;. The number of pyridine rings is 3. The van der Waals surface area contributed by atoms with Gasteiger partial charge in [-0.25, -0.2) is 34.7 Å². The highest BCUT2D eigenvalue weighted by Gasteiger charge is 2.51. The second-order valence-electron chi connectivity index (χ2n) is 34.5. The number of hydrogen-bond acceptors (Lipinski definition) is 12. The number of piperidine rings is 3. The fourth-order valence-electron chi connectivity index (χ4n) is 17.5. The van der Waals surface area contributed by atoms with Crippen molar-refractivity contribution < 1.29 is 26.1 Å². The third kappa shape index (κ3) is 18.3. The summed E-state index contributed by atoms with van der Waals surface area (Å²) in [5.41, 5.74) is 23.7. The number of halogens is 1. The first kappa shape index (κ1) is 85.1. The van der Waals surface area contributed by atoms with Gasteiger partial charge in [0.25, 0.3) is 20.0 Å². The van der Waals surface area contributed by atoms with Crippen molar-refractivity contribution in [3.8, 4) is 44.5 Å². The van der Waals surface area contributed by atoms with E-state index in [-0.39, 0.29) is 36.5 Å². The highest BCUT2D eigenvalue weighted by molar-refractivity contribution is 9.10. The minimum Gasteiger partial charge on any atom is -0.399 e. The molecule has 8 aromatic heterocycles. The Morgan fingerprint density at radius 1 is 0.403 bits per heavy atom. The molecule has 21 rings (SSSR count). The molecule has 0 atom stereocenters. The summed E-state index contributed by atoms with van der Waals surface area (Å²) >= 11 is 3.46. The Balaban J connectivity index is 0.000000119. The van der Waals surface area contributed by atoms with Crippen molar-refractivity contribution in [1.29, 1.82) is 0 Å². The molecule has 627 valence electrons. The molecule has 16 aromatic rings. The fourth-order valence-corrected chi connectivity index (χ4v) is 20.5. The first-order valence-electron chi connectivity index (χ1n) is 43.1. The maximum Gasteiger partial charge on any atom is 0.494 e. The fraction of sp³-hybridized carbons (Fsp3) is 0.265. The molecule has 4 saturated heterocycles. The van der Waals surface area contributed by atoms with Gasteiger partial charge >= 0.3 is 7.12 Å². The predicted octanol–water partition coefficient (Wildman–Crippen LogP) is 21.7. The van der Waals surface area contributed by atoms with Crippen LogP contribution in [0.1, 0.15) is 130 Å². The molecule has 17 nitrogen and oxygen atoms in total. The maximum atomic E-state index is 13.8. The molecule has 124 heavy (non-hydrogen) atoms. The highest BCUT2D eigenvalue weighted by Crippen LogP contribution is 2.41. The zero-order valence-corrected chi connectivity index (χ0v) is 74.4. The summed E-state index contributed by atoms with van der Waals surface area (Å²) in [4.78, 5) is 31.8. The summed E-state index contributed by atoms with van der Waals surface area (Å²) in [7, 11) is -7.89. The van der Waals surface area contributed by atoms with Crippen molar-refractivity contribution in [3.05, 3.63) is 317 Å². The van der Waals surface area contributed by atoms with Gasteiger partial charge in [-0.15, -0.1) is 0 Å². The Kier molecular flexibility index (Phi) is 24.9. The van der Waals surface area contributed by atoms with Crippen molar-refractivity contribution in [2.45, 2.75) is 146 Å². The molecule has 8 aromatic carbocycles. The molecule has 0 unspecified atom stereocenters. The van der Waals surface area contributed by atoms with Gasteiger partial charge in [0, 0.05) is 144 Å². The topological polar surface area (TPSA) is 192 Å². The number of aromatic nitrogens is 8. The van der Waals surface area contributed by atoms with E-state index in [1.807, 2.05) is 99.3 Å². The van der Waals surface area contributed by atoms with Gasteiger partial charge in [-0.2, -0.15) is 0 Å². The van der Waals surface area contributed by atoms with Gasteiger partial charge in [-0.3, -0.25) is 19.7 Å². The van der Waals surface area contributed by atoms with Crippen LogP contribution in [0.3, 0.4) is 0 Å². The second kappa shape index (κ2) is 36.3. The molecule has 3 N–H and O–H groups in total. The monoisotopic (exact) mass is 1740 g/mol. The van der Waals surface area contributed by atoms with E-state index in [9.17, 15) is 16.8 Å². The molecule has 0 bridgehead atoms. The maximum absolute atomic E-state index is 13.8. The molecule has 22 heteroatoms. The predicted molar refractivity (Wildman–Crippen MR) is 509 cm³/mol. The normalized spacial score (nSPS) is 16.2. The number of nitrogens with one attached hydrogen (secondary N) is 3. The lowest BCUT2D eigenvalue weighted by molar-refractivity contribution is 0.00578. The number of benzene rings is 8. The van der Waals surface area contributed by atoms with Crippen LogP contribution in [0.4, 0.5) is 0 Å². The third-order valence-corrected chi connectivity index (χ3v) is 29.1. The minimum atomic E-state index is -3.86. The third-order valence-electron chi connectivity index (χ3n) is 25.3. The number of likely N-dealkylation sites (tertiary alicyclic amines) is 3. The van der Waals surface area contributed by atoms with Gasteiger partial charge in [0.1, 0.15) is 0 Å². The van der Waals surface area contributed by atoms with Crippen LogP contribution in [0.15, 0.2) is 282 Å². The number of H-pyrrole nitrogens is 3. The molecule has 4 fully saturated rings. The quantitative estimate of drug-likeness (QED) is 0.0777. The van der Waals surface area contributed by atoms with Gasteiger partial charge in [-0.1, -0.05) is 152 Å². The minimum absolute atomic E-state index is 0. The number of aromatic amines is 3. The van der Waals surface area contributed by atoms with Crippen LogP contribution < -0.4 is 5.46 Å². The van der Waals surface area contributed by atoms with Crippen LogP contribution in [-0.4, -0.2) is 135 Å². The van der Waals surface area contributed by atoms with Crippen LogP contribution in [0, 0.1) is 13.8 Å². The summed E-state index contributed by atoms with van der Waals surface area (Å²) in [6, 6.07) is 71.6. The first-order chi connectivity index (χ1) is 59.6. The van der Waals surface area contributed by atoms with Crippen LogP contribution in [0.25, 0.3) is 105 Å². The molecule has 3 radical (unpaired) electrons. The van der Waals surface area contributed by atoms with Crippen LogP contribution in [0.5, 0.6) is 0 Å². The van der Waals surface area contributed by atoms with E-state index < -0.39 is 20.0 Å². The van der Waals surface area contributed by atoms with Crippen LogP contribution >= 0.6 is 15.9 Å². The Morgan fingerprint density at radius 3 is 1.23 bits per heavy atom. The lowest BCUT2D eigenvalue weighted by Gasteiger charge is -2.32. The van der Waals surface area contributed by atoms with E-state index in [0.29, 0.717) is 11.3 Å². The summed E-state index contributed by atoms with van der Waals surface area (Å²) in [6.07, 6.45) is 29.8. The molecule has 5 aliphatic rings. The summed E-state index contributed by atoms with van der Waals surface area (Å²) < 4.78 is 70.0. The smallest absolute Gasteiger partial charge is 0.399 e. The van der Waals surface area contributed by atoms with Gasteiger partial charge in [-0.05, 0) is 304 Å². The Morgan fingerprint density at radius 2 is 0.782 bits per heavy atom. The van der Waals surface area contributed by atoms with Crippen molar-refractivity contribution in [1.82, 2.24) is 52.5 Å². The summed E-state index contributed by atoms with van der Waals surface area (Å²) in [6.45, 7) is 22.6.